The van der Waals surface area contributed by atoms with Crippen LogP contribution >= 0.6 is 0 Å². The number of nitrogen functional groups attached to an aromatic ring is 1. The molecule has 5 aromatic rings. The van der Waals surface area contributed by atoms with E-state index < -0.39 is 46.8 Å². The molecule has 0 aliphatic carbocycles. The molecule has 22 nitrogen and oxygen atoms in total. The molecule has 0 saturated carbocycles. The Morgan fingerprint density at radius 3 is 1.75 bits per heavy atom. The van der Waals surface area contributed by atoms with Crippen LogP contribution in [-0.4, -0.2) is 78.1 Å². The molecule has 0 aliphatic heterocycles. The van der Waals surface area contributed by atoms with E-state index in [-0.39, 0.29) is 113 Å². The zero-order valence-electron chi connectivity index (χ0n) is 36.5. The number of allylic oxidation sites excluding steroid dienone is 1. The van der Waals surface area contributed by atoms with Crippen LogP contribution in [0.4, 0.5) is 39.8 Å². The van der Waals surface area contributed by atoms with Crippen molar-refractivity contribution in [2.75, 3.05) is 30.5 Å². The van der Waals surface area contributed by atoms with Gasteiger partial charge >= 0.3 is 0 Å². The highest BCUT2D eigenvalue weighted by Crippen LogP contribution is 2.42. The summed E-state index contributed by atoms with van der Waals surface area (Å²) < 4.78 is 111. The summed E-state index contributed by atoms with van der Waals surface area (Å²) in [5, 5.41) is 47.5. The summed E-state index contributed by atoms with van der Waals surface area (Å²) in [6, 6.07) is 11.8. The highest BCUT2D eigenvalue weighted by atomic mass is 32.2. The number of benzene rings is 3. The van der Waals surface area contributed by atoms with Crippen molar-refractivity contribution in [3.63, 3.8) is 0 Å². The van der Waals surface area contributed by atoms with Crippen LogP contribution in [-0.2, 0) is 30.4 Å². The fourth-order valence-electron chi connectivity index (χ4n) is 6.32. The largest absolute Gasteiger partial charge is 0.493 e. The van der Waals surface area contributed by atoms with Gasteiger partial charge in [0, 0.05) is 23.4 Å². The monoisotopic (exact) mass is 978 g/mol. The average molecular weight is 979 g/mol. The standard InChI is InChI=1S/C42H46N10O12S3/c1-6-12-36-30(7-2)45-41-29(24-43)27(5)40(42(53)52(36)41)51-50-35-20-26(4)33(23-38(35)64-16-9-11-18-66(57,58)59)48-49-34-19-25(3)32(22-37(34)63-15-8-10-17-65(54,55)56)47-46-31-14-13-28(44)21-39(31)67(60,61)62/h6-7,12-14,19-23,53H,2,8-11,15-18,44H2,1,3-5H3,(H,54,55,56)(H,57,58,59)(H,60,61,62)/b12-6-,47-46?,49-48?,51-50?. The van der Waals surface area contributed by atoms with Crippen molar-refractivity contribution in [3.8, 4) is 23.4 Å². The number of unbranched alkanes of at least 4 members (excludes halogenated alkanes) is 2. The van der Waals surface area contributed by atoms with Crippen LogP contribution in [0.1, 0.15) is 66.2 Å². The number of imidazole rings is 1. The van der Waals surface area contributed by atoms with Crippen molar-refractivity contribution in [1.82, 2.24) is 9.38 Å². The van der Waals surface area contributed by atoms with Gasteiger partial charge in [0.1, 0.15) is 45.1 Å². The van der Waals surface area contributed by atoms with Gasteiger partial charge in [0.2, 0.25) is 5.88 Å². The van der Waals surface area contributed by atoms with Gasteiger partial charge in [0.15, 0.2) is 11.3 Å². The first-order valence-electron chi connectivity index (χ1n) is 20.1. The number of azo groups is 3. The molecule has 2 aromatic heterocycles. The van der Waals surface area contributed by atoms with Gasteiger partial charge in [0.25, 0.3) is 30.4 Å². The minimum atomic E-state index is -4.73. The molecule has 67 heavy (non-hydrogen) atoms. The van der Waals surface area contributed by atoms with Gasteiger partial charge in [-0.3, -0.25) is 18.1 Å². The molecule has 0 saturated heterocycles. The van der Waals surface area contributed by atoms with E-state index in [2.05, 4.69) is 48.3 Å². The Kier molecular flexibility index (Phi) is 16.4. The maximum absolute atomic E-state index is 12.0. The van der Waals surface area contributed by atoms with E-state index in [1.165, 1.54) is 34.7 Å². The molecule has 354 valence electrons. The summed E-state index contributed by atoms with van der Waals surface area (Å²) in [5.41, 5.74) is 8.71. The number of aryl methyl sites for hydroxylation is 2. The van der Waals surface area contributed by atoms with Crippen LogP contribution in [0.2, 0.25) is 0 Å². The second-order valence-corrected chi connectivity index (χ2v) is 19.3. The number of ether oxygens (including phenoxy) is 2. The van der Waals surface area contributed by atoms with Gasteiger partial charge in [-0.15, -0.1) is 20.5 Å². The Balaban J connectivity index is 1.57. The van der Waals surface area contributed by atoms with Gasteiger partial charge in [-0.1, -0.05) is 12.7 Å². The third-order valence-electron chi connectivity index (χ3n) is 9.66. The Morgan fingerprint density at radius 2 is 1.27 bits per heavy atom. The van der Waals surface area contributed by atoms with Crippen molar-refractivity contribution in [3.05, 3.63) is 88.8 Å². The van der Waals surface area contributed by atoms with Crippen molar-refractivity contribution >= 4 is 88.0 Å². The van der Waals surface area contributed by atoms with E-state index in [1.54, 1.807) is 52.0 Å². The van der Waals surface area contributed by atoms with Crippen LogP contribution in [0.5, 0.6) is 17.4 Å². The van der Waals surface area contributed by atoms with Gasteiger partial charge in [-0.05, 0) is 107 Å². The number of nitrogens with two attached hydrogens (primary N) is 1. The first-order valence-corrected chi connectivity index (χ1v) is 24.7. The molecule has 0 radical (unpaired) electrons. The van der Waals surface area contributed by atoms with Crippen molar-refractivity contribution in [2.45, 2.75) is 58.3 Å². The fourth-order valence-corrected chi connectivity index (χ4v) is 8.11. The molecule has 25 heteroatoms. The average Bonchev–Trinajstić information content (AvgIpc) is 3.61. The number of rotatable bonds is 21. The summed E-state index contributed by atoms with van der Waals surface area (Å²) in [6.45, 7) is 10.4. The lowest BCUT2D eigenvalue weighted by Crippen LogP contribution is -2.06. The molecule has 0 spiro atoms. The zero-order valence-corrected chi connectivity index (χ0v) is 39.0. The molecule has 0 amide bonds. The number of pyridine rings is 1. The van der Waals surface area contributed by atoms with E-state index in [1.807, 2.05) is 0 Å². The topological polar surface area (TPSA) is 343 Å². The van der Waals surface area contributed by atoms with Crippen LogP contribution in [0.25, 0.3) is 17.8 Å². The van der Waals surface area contributed by atoms with Crippen LogP contribution < -0.4 is 15.2 Å². The molecular weight excluding hydrogens is 933 g/mol. The lowest BCUT2D eigenvalue weighted by molar-refractivity contribution is 0.310. The summed E-state index contributed by atoms with van der Waals surface area (Å²) in [7, 11) is -13.2. The maximum atomic E-state index is 12.0. The number of anilines is 1. The summed E-state index contributed by atoms with van der Waals surface area (Å²) in [5.74, 6) is -1.14. The van der Waals surface area contributed by atoms with Gasteiger partial charge in [0.05, 0.1) is 47.5 Å². The first-order chi connectivity index (χ1) is 31.5. The SMILES string of the molecule is C=Cc1nc2c(C#N)c(C)c(N=Nc3cc(C)c(N=Nc4cc(C)c(N=Nc5ccc(N)cc5S(=O)(=O)O)cc4OCCCCS(=O)(=O)O)cc3OCCCCS(=O)(=O)O)c(O)n2c1/C=C\C. The number of hydrogen-bond acceptors (Lipinski definition) is 18. The van der Waals surface area contributed by atoms with Crippen LogP contribution in [0.3, 0.4) is 0 Å². The smallest absolute Gasteiger partial charge is 0.296 e. The second-order valence-electron chi connectivity index (χ2n) is 14.7. The highest BCUT2D eigenvalue weighted by Gasteiger charge is 2.23. The third kappa shape index (κ3) is 13.3. The van der Waals surface area contributed by atoms with Gasteiger partial charge in [-0.2, -0.15) is 40.7 Å². The van der Waals surface area contributed by atoms with E-state index in [0.717, 1.165) is 6.07 Å². The number of aromatic hydroxyl groups is 1. The van der Waals surface area contributed by atoms with E-state index in [4.69, 9.17) is 19.8 Å². The lowest BCUT2D eigenvalue weighted by atomic mass is 10.1. The molecule has 0 unspecified atom stereocenters. The fraction of sp³-hybridized carbons (Fsp3) is 0.286. The summed E-state index contributed by atoms with van der Waals surface area (Å²) in [6.07, 6.45) is 5.44. The summed E-state index contributed by atoms with van der Waals surface area (Å²) >= 11 is 0. The highest BCUT2D eigenvalue weighted by molar-refractivity contribution is 7.86. The second kappa shape index (κ2) is 21.6. The zero-order chi connectivity index (χ0) is 49.3. The molecule has 2 heterocycles. The molecular formula is C42H46N10O12S3. The molecule has 0 bridgehead atoms. The molecule has 6 N–H and O–H groups in total. The molecule has 0 aliphatic rings. The normalized spacial score (nSPS) is 12.6. The lowest BCUT2D eigenvalue weighted by Gasteiger charge is -2.13. The Bertz CT molecular complexity index is 3230. The van der Waals surface area contributed by atoms with Crippen molar-refractivity contribution in [2.24, 2.45) is 30.7 Å². The Labute approximate surface area is 386 Å². The van der Waals surface area contributed by atoms with Gasteiger partial charge < -0.3 is 20.3 Å². The Hall–Kier alpha value is -6.95. The van der Waals surface area contributed by atoms with Crippen LogP contribution in [0.15, 0.2) is 90.7 Å². The number of nitriles is 1. The van der Waals surface area contributed by atoms with Crippen molar-refractivity contribution in [1.29, 1.82) is 5.26 Å². The third-order valence-corrected chi connectivity index (χ3v) is 12.2. The Morgan fingerprint density at radius 1 is 0.761 bits per heavy atom. The number of aromatic nitrogens is 2. The van der Waals surface area contributed by atoms with E-state index in [0.29, 0.717) is 22.5 Å². The van der Waals surface area contributed by atoms with E-state index in [9.17, 15) is 44.7 Å². The van der Waals surface area contributed by atoms with E-state index >= 15 is 0 Å². The molecule has 3 aromatic carbocycles. The number of hydrogen-bond donors (Lipinski definition) is 5. The first kappa shape index (κ1) is 51.0. The van der Waals surface area contributed by atoms with Gasteiger partial charge in [-0.25, -0.2) is 4.98 Å². The number of nitrogens with zero attached hydrogens (tertiary/aromatic N) is 9. The minimum absolute atomic E-state index is 0.0363. The summed E-state index contributed by atoms with van der Waals surface area (Å²) in [4.78, 5) is 3.92. The van der Waals surface area contributed by atoms with Crippen LogP contribution in [0, 0.1) is 32.1 Å². The van der Waals surface area contributed by atoms with Crippen molar-refractivity contribution < 1.29 is 53.5 Å². The predicted molar refractivity (Wildman–Crippen MR) is 249 cm³/mol. The quantitative estimate of drug-likeness (QED) is 0.0198. The maximum Gasteiger partial charge on any atom is 0.296 e. The molecule has 0 atom stereocenters. The molecule has 0 fully saturated rings. The number of fused-ring (bicyclic) bond motifs is 1. The predicted octanol–water partition coefficient (Wildman–Crippen LogP) is 9.68. The molecule has 5 rings (SSSR count). The minimum Gasteiger partial charge on any atom is -0.493 e.